The molecule has 5 heteroatoms. The van der Waals surface area contributed by atoms with E-state index >= 15 is 0 Å². The Hall–Kier alpha value is -2.40. The lowest BCUT2D eigenvalue weighted by molar-refractivity contribution is -0.135. The van der Waals surface area contributed by atoms with E-state index < -0.39 is 0 Å². The van der Waals surface area contributed by atoms with Crippen LogP contribution in [0.25, 0.3) is 0 Å². The van der Waals surface area contributed by atoms with Gasteiger partial charge in [-0.25, -0.2) is 0 Å². The van der Waals surface area contributed by atoms with Gasteiger partial charge in [0.05, 0.1) is 5.69 Å². The van der Waals surface area contributed by atoms with Gasteiger partial charge in [0.25, 0.3) is 5.91 Å². The number of rotatable bonds is 6. The number of carbonyl (C=O) groups is 1. The summed E-state index contributed by atoms with van der Waals surface area (Å²) >= 11 is 0. The van der Waals surface area contributed by atoms with Crippen LogP contribution in [0.5, 0.6) is 5.75 Å². The third-order valence-electron chi connectivity index (χ3n) is 4.75. The molecule has 0 atom stereocenters. The van der Waals surface area contributed by atoms with Gasteiger partial charge in [-0.15, -0.1) is 0 Å². The summed E-state index contributed by atoms with van der Waals surface area (Å²) in [5.41, 5.74) is 2.34. The first-order chi connectivity index (χ1) is 12.6. The van der Waals surface area contributed by atoms with Crippen molar-refractivity contribution in [2.45, 2.75) is 26.3 Å². The van der Waals surface area contributed by atoms with Crippen molar-refractivity contribution in [1.82, 2.24) is 14.8 Å². The molecule has 0 spiro atoms. The Morgan fingerprint density at radius 2 is 1.81 bits per heavy atom. The number of nitrogens with zero attached hydrogens (tertiary/aromatic N) is 3. The summed E-state index contributed by atoms with van der Waals surface area (Å²) in [7, 11) is 0. The van der Waals surface area contributed by atoms with Crippen LogP contribution in [-0.2, 0) is 11.3 Å². The molecular weight excluding hydrogens is 326 g/mol. The molecule has 1 saturated heterocycles. The predicted molar refractivity (Wildman–Crippen MR) is 102 cm³/mol. The summed E-state index contributed by atoms with van der Waals surface area (Å²) in [6.07, 6.45) is 1.82. The number of hydrogen-bond donors (Lipinski definition) is 0. The van der Waals surface area contributed by atoms with Crippen molar-refractivity contribution in [2.24, 2.45) is 0 Å². The third-order valence-corrected chi connectivity index (χ3v) is 4.75. The normalized spacial score (nSPS) is 15.3. The second-order valence-corrected chi connectivity index (χ2v) is 6.99. The van der Waals surface area contributed by atoms with E-state index in [1.54, 1.807) is 0 Å². The fourth-order valence-corrected chi connectivity index (χ4v) is 3.06. The highest BCUT2D eigenvalue weighted by Gasteiger charge is 2.21. The molecule has 0 aliphatic carbocycles. The van der Waals surface area contributed by atoms with E-state index in [1.807, 2.05) is 41.4 Å². The van der Waals surface area contributed by atoms with Gasteiger partial charge in [0.1, 0.15) is 5.75 Å². The molecule has 26 heavy (non-hydrogen) atoms. The van der Waals surface area contributed by atoms with Crippen LogP contribution in [-0.4, -0.2) is 53.5 Å². The highest BCUT2D eigenvalue weighted by molar-refractivity contribution is 5.77. The molecule has 1 aliphatic heterocycles. The van der Waals surface area contributed by atoms with Crippen LogP contribution in [0.3, 0.4) is 0 Å². The van der Waals surface area contributed by atoms with E-state index in [9.17, 15) is 4.79 Å². The summed E-state index contributed by atoms with van der Waals surface area (Å²) < 4.78 is 5.66. The highest BCUT2D eigenvalue weighted by Crippen LogP contribution is 2.18. The quantitative estimate of drug-likeness (QED) is 0.801. The smallest absolute Gasteiger partial charge is 0.260 e. The number of carbonyl (C=O) groups excluding carboxylic acids is 1. The van der Waals surface area contributed by atoms with Crippen molar-refractivity contribution in [3.8, 4) is 5.75 Å². The summed E-state index contributed by atoms with van der Waals surface area (Å²) in [4.78, 5) is 21.0. The first-order valence-corrected chi connectivity index (χ1v) is 9.24. The predicted octanol–water partition coefficient (Wildman–Crippen LogP) is 2.93. The number of ether oxygens (including phenoxy) is 1. The van der Waals surface area contributed by atoms with Crippen molar-refractivity contribution in [3.05, 3.63) is 59.9 Å². The molecule has 0 radical (unpaired) electrons. The largest absolute Gasteiger partial charge is 0.484 e. The molecule has 1 fully saturated rings. The van der Waals surface area contributed by atoms with Gasteiger partial charge in [-0.3, -0.25) is 14.7 Å². The highest BCUT2D eigenvalue weighted by atomic mass is 16.5. The summed E-state index contributed by atoms with van der Waals surface area (Å²) in [6, 6.07) is 14.0. The Morgan fingerprint density at radius 3 is 2.42 bits per heavy atom. The molecule has 2 heterocycles. The number of amides is 1. The van der Waals surface area contributed by atoms with Gasteiger partial charge in [0, 0.05) is 38.9 Å². The molecule has 1 aromatic carbocycles. The number of pyridine rings is 1. The maximum Gasteiger partial charge on any atom is 0.260 e. The molecule has 0 unspecified atom stereocenters. The third kappa shape index (κ3) is 5.05. The molecule has 5 nitrogen and oxygen atoms in total. The summed E-state index contributed by atoms with van der Waals surface area (Å²) in [5.74, 6) is 1.29. The number of aromatic nitrogens is 1. The maximum absolute atomic E-state index is 12.4. The minimum Gasteiger partial charge on any atom is -0.484 e. The van der Waals surface area contributed by atoms with Crippen molar-refractivity contribution in [2.75, 3.05) is 32.8 Å². The maximum atomic E-state index is 12.4. The fourth-order valence-electron chi connectivity index (χ4n) is 3.06. The van der Waals surface area contributed by atoms with Crippen LogP contribution in [0, 0.1) is 0 Å². The molecule has 2 aromatic rings. The minimum absolute atomic E-state index is 0.0513. The van der Waals surface area contributed by atoms with Gasteiger partial charge in [-0.2, -0.15) is 0 Å². The molecule has 3 rings (SSSR count). The van der Waals surface area contributed by atoms with Crippen LogP contribution >= 0.6 is 0 Å². The van der Waals surface area contributed by atoms with Crippen LogP contribution in [0.15, 0.2) is 48.7 Å². The SMILES string of the molecule is CC(C)c1ccc(OCC(=O)N2CCN(Cc3ccccn3)CC2)cc1. The lowest BCUT2D eigenvalue weighted by Gasteiger charge is -2.34. The van der Waals surface area contributed by atoms with Crippen molar-refractivity contribution < 1.29 is 9.53 Å². The van der Waals surface area contributed by atoms with Crippen LogP contribution in [0.2, 0.25) is 0 Å². The zero-order chi connectivity index (χ0) is 18.4. The van der Waals surface area contributed by atoms with Crippen molar-refractivity contribution in [3.63, 3.8) is 0 Å². The van der Waals surface area contributed by atoms with E-state index in [0.29, 0.717) is 5.92 Å². The standard InChI is InChI=1S/C21H27N3O2/c1-17(2)18-6-8-20(9-7-18)26-16-21(25)24-13-11-23(12-14-24)15-19-5-3-4-10-22-19/h3-10,17H,11-16H2,1-2H3. The Morgan fingerprint density at radius 1 is 1.08 bits per heavy atom. The second-order valence-electron chi connectivity index (χ2n) is 6.99. The Balaban J connectivity index is 1.42. The molecular formula is C21H27N3O2. The van der Waals surface area contributed by atoms with Gasteiger partial charge >= 0.3 is 0 Å². The lowest BCUT2D eigenvalue weighted by Crippen LogP contribution is -2.49. The summed E-state index contributed by atoms with van der Waals surface area (Å²) in [6.45, 7) is 8.46. The van der Waals surface area contributed by atoms with Crippen LogP contribution in [0.1, 0.15) is 31.0 Å². The van der Waals surface area contributed by atoms with Gasteiger partial charge in [0.15, 0.2) is 6.61 Å². The molecule has 0 bridgehead atoms. The van der Waals surface area contributed by atoms with E-state index in [0.717, 1.165) is 44.2 Å². The van der Waals surface area contributed by atoms with Gasteiger partial charge in [0.2, 0.25) is 0 Å². The first-order valence-electron chi connectivity index (χ1n) is 9.24. The van der Waals surface area contributed by atoms with E-state index in [1.165, 1.54) is 5.56 Å². The zero-order valence-electron chi connectivity index (χ0n) is 15.6. The van der Waals surface area contributed by atoms with Crippen LogP contribution < -0.4 is 4.74 Å². The Labute approximate surface area is 155 Å². The van der Waals surface area contributed by atoms with Gasteiger partial charge in [-0.05, 0) is 35.7 Å². The number of hydrogen-bond acceptors (Lipinski definition) is 4. The fraction of sp³-hybridized carbons (Fsp3) is 0.429. The second kappa shape index (κ2) is 8.81. The van der Waals surface area contributed by atoms with E-state index in [-0.39, 0.29) is 12.5 Å². The topological polar surface area (TPSA) is 45.7 Å². The van der Waals surface area contributed by atoms with Crippen LogP contribution in [0.4, 0.5) is 0 Å². The summed E-state index contributed by atoms with van der Waals surface area (Å²) in [5, 5.41) is 0. The van der Waals surface area contributed by atoms with Crippen molar-refractivity contribution >= 4 is 5.91 Å². The van der Waals surface area contributed by atoms with Crippen molar-refractivity contribution in [1.29, 1.82) is 0 Å². The average Bonchev–Trinajstić information content (AvgIpc) is 2.68. The Bertz CT molecular complexity index is 693. The number of benzene rings is 1. The molecule has 0 N–H and O–H groups in total. The van der Waals surface area contributed by atoms with Gasteiger partial charge < -0.3 is 9.64 Å². The van der Waals surface area contributed by atoms with E-state index in [2.05, 4.69) is 35.9 Å². The molecule has 0 saturated carbocycles. The minimum atomic E-state index is 0.0513. The average molecular weight is 353 g/mol. The molecule has 1 amide bonds. The molecule has 138 valence electrons. The molecule has 1 aliphatic rings. The van der Waals surface area contributed by atoms with E-state index in [4.69, 9.17) is 4.74 Å². The Kier molecular flexibility index (Phi) is 6.23. The monoisotopic (exact) mass is 353 g/mol. The number of piperazine rings is 1. The molecule has 1 aromatic heterocycles. The first kappa shape index (κ1) is 18.4. The lowest BCUT2D eigenvalue weighted by atomic mass is 10.0. The zero-order valence-corrected chi connectivity index (χ0v) is 15.6. The van der Waals surface area contributed by atoms with Gasteiger partial charge in [-0.1, -0.05) is 32.0 Å².